The van der Waals surface area contributed by atoms with Crippen LogP contribution in [0.5, 0.6) is 0 Å². The van der Waals surface area contributed by atoms with E-state index in [1.165, 1.54) is 23.5 Å². The monoisotopic (exact) mass is 321 g/mol. The Bertz CT molecular complexity index is 679. The number of nitrogens with one attached hydrogen (secondary N) is 1. The van der Waals surface area contributed by atoms with Crippen LogP contribution in [0.25, 0.3) is 0 Å². The van der Waals surface area contributed by atoms with Gasteiger partial charge in [-0.3, -0.25) is 4.79 Å². The first-order valence-electron chi connectivity index (χ1n) is 6.71. The Morgan fingerprint density at radius 1 is 1.23 bits per heavy atom. The van der Waals surface area contributed by atoms with Crippen molar-refractivity contribution in [1.82, 2.24) is 5.32 Å². The van der Waals surface area contributed by atoms with Gasteiger partial charge in [-0.2, -0.15) is 0 Å². The van der Waals surface area contributed by atoms with E-state index in [1.807, 2.05) is 13.8 Å². The minimum Gasteiger partial charge on any atom is -0.452 e. The van der Waals surface area contributed by atoms with Crippen LogP contribution in [-0.2, 0) is 16.1 Å². The van der Waals surface area contributed by atoms with E-state index in [-0.39, 0.29) is 19.0 Å². The summed E-state index contributed by atoms with van der Waals surface area (Å²) in [6, 6.07) is 7.56. The van der Waals surface area contributed by atoms with Gasteiger partial charge in [0.05, 0.1) is 5.56 Å². The van der Waals surface area contributed by atoms with E-state index in [0.717, 1.165) is 15.3 Å². The molecule has 22 heavy (non-hydrogen) atoms. The molecular weight excluding hydrogens is 305 g/mol. The number of rotatable bonds is 5. The SMILES string of the molecule is Cc1cc(C(=O)OCC(=O)NCc2ccc(F)cc2)c(C)s1. The Morgan fingerprint density at radius 2 is 1.91 bits per heavy atom. The molecule has 0 bridgehead atoms. The third-order valence-corrected chi connectivity index (χ3v) is 3.96. The third kappa shape index (κ3) is 4.39. The first-order chi connectivity index (χ1) is 10.5. The van der Waals surface area contributed by atoms with Crippen LogP contribution in [0.1, 0.15) is 25.7 Å². The first kappa shape index (κ1) is 16.2. The Hall–Kier alpha value is -2.21. The fourth-order valence-corrected chi connectivity index (χ4v) is 2.81. The zero-order valence-electron chi connectivity index (χ0n) is 12.3. The molecule has 1 aromatic heterocycles. The molecule has 0 fully saturated rings. The predicted octanol–water partition coefficient (Wildman–Crippen LogP) is 2.98. The summed E-state index contributed by atoms with van der Waals surface area (Å²) >= 11 is 1.51. The molecule has 0 atom stereocenters. The Balaban J connectivity index is 1.79. The number of carbonyl (C=O) groups is 2. The third-order valence-electron chi connectivity index (χ3n) is 3.00. The van der Waals surface area contributed by atoms with Crippen molar-refractivity contribution in [2.45, 2.75) is 20.4 Å². The van der Waals surface area contributed by atoms with Gasteiger partial charge in [0, 0.05) is 16.3 Å². The predicted molar refractivity (Wildman–Crippen MR) is 82.3 cm³/mol. The number of aryl methyl sites for hydroxylation is 2. The molecule has 0 aliphatic carbocycles. The molecule has 1 aromatic carbocycles. The van der Waals surface area contributed by atoms with Crippen LogP contribution < -0.4 is 5.32 Å². The van der Waals surface area contributed by atoms with E-state index in [1.54, 1.807) is 18.2 Å². The molecule has 0 unspecified atom stereocenters. The molecule has 1 heterocycles. The van der Waals surface area contributed by atoms with Gasteiger partial charge in [-0.15, -0.1) is 11.3 Å². The van der Waals surface area contributed by atoms with Gasteiger partial charge < -0.3 is 10.1 Å². The number of amides is 1. The highest BCUT2D eigenvalue weighted by Crippen LogP contribution is 2.21. The second-order valence-corrected chi connectivity index (χ2v) is 6.27. The lowest BCUT2D eigenvalue weighted by Gasteiger charge is -2.06. The Kier molecular flexibility index (Phi) is 5.27. The van der Waals surface area contributed by atoms with Gasteiger partial charge in [-0.05, 0) is 37.6 Å². The number of esters is 1. The largest absolute Gasteiger partial charge is 0.452 e. The van der Waals surface area contributed by atoms with Gasteiger partial charge in [0.2, 0.25) is 0 Å². The molecule has 0 aliphatic rings. The molecular formula is C16H16FNO3S. The number of ether oxygens (including phenoxy) is 1. The van der Waals surface area contributed by atoms with Crippen molar-refractivity contribution in [3.05, 3.63) is 57.0 Å². The topological polar surface area (TPSA) is 55.4 Å². The number of carbonyl (C=O) groups excluding carboxylic acids is 2. The molecule has 6 heteroatoms. The van der Waals surface area contributed by atoms with E-state index in [4.69, 9.17) is 4.74 Å². The van der Waals surface area contributed by atoms with Gasteiger partial charge >= 0.3 is 5.97 Å². The highest BCUT2D eigenvalue weighted by atomic mass is 32.1. The fraction of sp³-hybridized carbons (Fsp3) is 0.250. The normalized spacial score (nSPS) is 10.3. The average Bonchev–Trinajstić information content (AvgIpc) is 2.83. The minimum absolute atomic E-state index is 0.257. The van der Waals surface area contributed by atoms with Crippen molar-refractivity contribution in [3.63, 3.8) is 0 Å². The van der Waals surface area contributed by atoms with Crippen LogP contribution in [0.15, 0.2) is 30.3 Å². The molecule has 0 saturated heterocycles. The molecule has 116 valence electrons. The van der Waals surface area contributed by atoms with Crippen LogP contribution in [-0.4, -0.2) is 18.5 Å². The Labute approximate surface area is 131 Å². The second-order valence-electron chi connectivity index (χ2n) is 4.81. The van der Waals surface area contributed by atoms with Crippen molar-refractivity contribution < 1.29 is 18.7 Å². The summed E-state index contributed by atoms with van der Waals surface area (Å²) in [4.78, 5) is 25.4. The summed E-state index contributed by atoms with van der Waals surface area (Å²) in [6.07, 6.45) is 0. The van der Waals surface area contributed by atoms with Crippen molar-refractivity contribution in [3.8, 4) is 0 Å². The van der Waals surface area contributed by atoms with E-state index in [9.17, 15) is 14.0 Å². The number of hydrogen-bond donors (Lipinski definition) is 1. The molecule has 0 spiro atoms. The molecule has 1 N–H and O–H groups in total. The first-order valence-corrected chi connectivity index (χ1v) is 7.52. The standard InChI is InChI=1S/C16H16FNO3S/c1-10-7-14(11(2)22-10)16(20)21-9-15(19)18-8-12-3-5-13(17)6-4-12/h3-7H,8-9H2,1-2H3,(H,18,19). The summed E-state index contributed by atoms with van der Waals surface area (Å²) in [6.45, 7) is 3.66. The Morgan fingerprint density at radius 3 is 2.50 bits per heavy atom. The van der Waals surface area contributed by atoms with Crippen LogP contribution >= 0.6 is 11.3 Å². The van der Waals surface area contributed by atoms with Crippen molar-refractivity contribution >= 4 is 23.2 Å². The average molecular weight is 321 g/mol. The highest BCUT2D eigenvalue weighted by molar-refractivity contribution is 7.12. The van der Waals surface area contributed by atoms with Crippen LogP contribution in [0.2, 0.25) is 0 Å². The van der Waals surface area contributed by atoms with Gasteiger partial charge in [0.25, 0.3) is 5.91 Å². The summed E-state index contributed by atoms with van der Waals surface area (Å²) < 4.78 is 17.7. The molecule has 0 radical (unpaired) electrons. The zero-order valence-corrected chi connectivity index (χ0v) is 13.1. The number of thiophene rings is 1. The van der Waals surface area contributed by atoms with Crippen LogP contribution in [0.4, 0.5) is 4.39 Å². The van der Waals surface area contributed by atoms with Crippen molar-refractivity contribution in [2.24, 2.45) is 0 Å². The van der Waals surface area contributed by atoms with E-state index in [2.05, 4.69) is 5.32 Å². The maximum Gasteiger partial charge on any atom is 0.339 e. The number of hydrogen-bond acceptors (Lipinski definition) is 4. The summed E-state index contributed by atoms with van der Waals surface area (Å²) in [5, 5.41) is 2.61. The summed E-state index contributed by atoms with van der Waals surface area (Å²) in [5.74, 6) is -1.23. The minimum atomic E-state index is -0.501. The summed E-state index contributed by atoms with van der Waals surface area (Å²) in [7, 11) is 0. The maximum atomic E-state index is 12.7. The molecule has 0 saturated carbocycles. The molecule has 4 nitrogen and oxygen atoms in total. The lowest BCUT2D eigenvalue weighted by atomic mass is 10.2. The maximum absolute atomic E-state index is 12.7. The fourth-order valence-electron chi connectivity index (χ4n) is 1.90. The lowest BCUT2D eigenvalue weighted by Crippen LogP contribution is -2.28. The molecule has 1 amide bonds. The van der Waals surface area contributed by atoms with Gasteiger partial charge in [0.1, 0.15) is 5.82 Å². The van der Waals surface area contributed by atoms with Gasteiger partial charge in [-0.25, -0.2) is 9.18 Å². The van der Waals surface area contributed by atoms with Crippen LogP contribution in [0.3, 0.4) is 0 Å². The van der Waals surface area contributed by atoms with E-state index >= 15 is 0 Å². The van der Waals surface area contributed by atoms with Gasteiger partial charge in [-0.1, -0.05) is 12.1 Å². The zero-order chi connectivity index (χ0) is 16.1. The van der Waals surface area contributed by atoms with Gasteiger partial charge in [0.15, 0.2) is 6.61 Å². The molecule has 2 rings (SSSR count). The summed E-state index contributed by atoms with van der Waals surface area (Å²) in [5.41, 5.74) is 1.26. The molecule has 2 aromatic rings. The lowest BCUT2D eigenvalue weighted by molar-refractivity contribution is -0.124. The number of benzene rings is 1. The second kappa shape index (κ2) is 7.17. The quantitative estimate of drug-likeness (QED) is 0.861. The number of halogens is 1. The van der Waals surface area contributed by atoms with Crippen LogP contribution in [0, 0.1) is 19.7 Å². The van der Waals surface area contributed by atoms with Crippen molar-refractivity contribution in [1.29, 1.82) is 0 Å². The van der Waals surface area contributed by atoms with E-state index < -0.39 is 11.9 Å². The molecule has 0 aliphatic heterocycles. The van der Waals surface area contributed by atoms with E-state index in [0.29, 0.717) is 5.56 Å². The highest BCUT2D eigenvalue weighted by Gasteiger charge is 2.14. The smallest absolute Gasteiger partial charge is 0.339 e. The van der Waals surface area contributed by atoms with Crippen molar-refractivity contribution in [2.75, 3.05) is 6.61 Å².